The molecule has 18 heavy (non-hydrogen) atoms. The van der Waals surface area contributed by atoms with Gasteiger partial charge in [-0.05, 0) is 43.9 Å². The van der Waals surface area contributed by atoms with Crippen molar-refractivity contribution in [3.63, 3.8) is 0 Å². The van der Waals surface area contributed by atoms with Crippen LogP contribution in [0.2, 0.25) is 0 Å². The zero-order chi connectivity index (χ0) is 13.1. The maximum atomic E-state index is 13.8. The molecule has 1 aliphatic carbocycles. The second-order valence-electron chi connectivity index (χ2n) is 5.52. The molecule has 1 nitrogen and oxygen atoms in total. The van der Waals surface area contributed by atoms with Crippen LogP contribution in [0.3, 0.4) is 0 Å². The van der Waals surface area contributed by atoms with Gasteiger partial charge < -0.3 is 5.32 Å². The molecule has 1 aromatic carbocycles. The predicted octanol–water partition coefficient (Wildman–Crippen LogP) is 4.82. The Balaban J connectivity index is 2.02. The molecule has 3 atom stereocenters. The van der Waals surface area contributed by atoms with Crippen LogP contribution in [0.15, 0.2) is 22.7 Å². The van der Waals surface area contributed by atoms with E-state index in [0.717, 1.165) is 16.0 Å². The number of benzene rings is 1. The van der Waals surface area contributed by atoms with Gasteiger partial charge >= 0.3 is 0 Å². The molecule has 1 fully saturated rings. The van der Waals surface area contributed by atoms with Gasteiger partial charge in [-0.1, -0.05) is 35.7 Å². The Morgan fingerprint density at radius 2 is 2.17 bits per heavy atom. The fourth-order valence-electron chi connectivity index (χ4n) is 2.88. The third-order valence-electron chi connectivity index (χ3n) is 3.85. The molecule has 1 aromatic rings. The lowest BCUT2D eigenvalue weighted by Crippen LogP contribution is -2.35. The van der Waals surface area contributed by atoms with Crippen molar-refractivity contribution in [1.29, 1.82) is 0 Å². The van der Waals surface area contributed by atoms with Gasteiger partial charge in [-0.25, -0.2) is 4.39 Å². The van der Waals surface area contributed by atoms with Crippen LogP contribution in [0.4, 0.5) is 4.39 Å². The Kier molecular flexibility index (Phi) is 4.79. The van der Waals surface area contributed by atoms with Gasteiger partial charge in [-0.2, -0.15) is 0 Å². The van der Waals surface area contributed by atoms with Crippen LogP contribution < -0.4 is 5.32 Å². The normalized spacial score (nSPS) is 26.0. The standard InChI is InChI=1S/C15H21BrFN/c1-10-4-3-5-13(8-10)18-11(2)14-9-12(16)6-7-15(14)17/h6-7,9-11,13,18H,3-5,8H2,1-2H3. The molecule has 0 spiro atoms. The van der Waals surface area contributed by atoms with Crippen LogP contribution in [0.5, 0.6) is 0 Å². The summed E-state index contributed by atoms with van der Waals surface area (Å²) in [6.07, 6.45) is 5.04. The second-order valence-corrected chi connectivity index (χ2v) is 6.44. The lowest BCUT2D eigenvalue weighted by Gasteiger charge is -2.30. The highest BCUT2D eigenvalue weighted by Crippen LogP contribution is 2.27. The Labute approximate surface area is 117 Å². The highest BCUT2D eigenvalue weighted by Gasteiger charge is 2.21. The lowest BCUT2D eigenvalue weighted by atomic mass is 9.86. The maximum absolute atomic E-state index is 13.8. The topological polar surface area (TPSA) is 12.0 Å². The van der Waals surface area contributed by atoms with Crippen molar-refractivity contribution in [1.82, 2.24) is 5.32 Å². The minimum absolute atomic E-state index is 0.0674. The van der Waals surface area contributed by atoms with Crippen molar-refractivity contribution >= 4 is 15.9 Å². The molecule has 1 N–H and O–H groups in total. The molecule has 0 heterocycles. The van der Waals surface area contributed by atoms with Crippen molar-refractivity contribution < 1.29 is 4.39 Å². The first kappa shape index (κ1) is 14.0. The van der Waals surface area contributed by atoms with Crippen LogP contribution in [-0.4, -0.2) is 6.04 Å². The minimum atomic E-state index is -0.123. The summed E-state index contributed by atoms with van der Waals surface area (Å²) in [7, 11) is 0. The Bertz CT molecular complexity index is 407. The van der Waals surface area contributed by atoms with Gasteiger partial charge in [0.05, 0.1) is 0 Å². The van der Waals surface area contributed by atoms with Crippen LogP contribution in [0.1, 0.15) is 51.1 Å². The minimum Gasteiger partial charge on any atom is -0.307 e. The number of rotatable bonds is 3. The highest BCUT2D eigenvalue weighted by molar-refractivity contribution is 9.10. The molecule has 0 aromatic heterocycles. The van der Waals surface area contributed by atoms with Crippen LogP contribution >= 0.6 is 15.9 Å². The molecule has 0 aliphatic heterocycles. The van der Waals surface area contributed by atoms with E-state index in [2.05, 4.69) is 28.2 Å². The van der Waals surface area contributed by atoms with Crippen molar-refractivity contribution in [2.45, 2.75) is 51.6 Å². The van der Waals surface area contributed by atoms with E-state index in [4.69, 9.17) is 0 Å². The molecule has 3 unspecified atom stereocenters. The summed E-state index contributed by atoms with van der Waals surface area (Å²) in [5.41, 5.74) is 0.752. The summed E-state index contributed by atoms with van der Waals surface area (Å²) < 4.78 is 14.7. The molecule has 2 rings (SSSR count). The van der Waals surface area contributed by atoms with E-state index in [0.29, 0.717) is 6.04 Å². The predicted molar refractivity (Wildman–Crippen MR) is 77.1 cm³/mol. The Morgan fingerprint density at radius 3 is 2.89 bits per heavy atom. The molecule has 1 saturated carbocycles. The van der Waals surface area contributed by atoms with E-state index in [1.165, 1.54) is 31.7 Å². The zero-order valence-corrected chi connectivity index (χ0v) is 12.6. The van der Waals surface area contributed by atoms with Gasteiger partial charge in [0.2, 0.25) is 0 Å². The fourth-order valence-corrected chi connectivity index (χ4v) is 3.25. The molecule has 0 radical (unpaired) electrons. The number of hydrogen-bond acceptors (Lipinski definition) is 1. The van der Waals surface area contributed by atoms with Crippen LogP contribution in [-0.2, 0) is 0 Å². The molecular weight excluding hydrogens is 293 g/mol. The Morgan fingerprint density at radius 1 is 1.39 bits per heavy atom. The summed E-state index contributed by atoms with van der Waals surface area (Å²) in [6.45, 7) is 4.35. The Hall–Kier alpha value is -0.410. The number of nitrogens with one attached hydrogen (secondary N) is 1. The smallest absolute Gasteiger partial charge is 0.128 e. The summed E-state index contributed by atoms with van der Waals surface area (Å²) in [6, 6.07) is 5.74. The van der Waals surface area contributed by atoms with E-state index in [1.54, 1.807) is 6.07 Å². The molecule has 0 bridgehead atoms. The SMILES string of the molecule is CC1CCCC(NC(C)c2cc(Br)ccc2F)C1. The first-order valence-corrected chi connectivity index (χ1v) is 7.56. The van der Waals surface area contributed by atoms with E-state index in [1.807, 2.05) is 13.0 Å². The van der Waals surface area contributed by atoms with Gasteiger partial charge in [0.15, 0.2) is 0 Å². The molecule has 0 saturated heterocycles. The maximum Gasteiger partial charge on any atom is 0.128 e. The van der Waals surface area contributed by atoms with Crippen molar-refractivity contribution in [3.8, 4) is 0 Å². The van der Waals surface area contributed by atoms with E-state index >= 15 is 0 Å². The van der Waals surface area contributed by atoms with Crippen molar-refractivity contribution in [2.75, 3.05) is 0 Å². The largest absolute Gasteiger partial charge is 0.307 e. The van der Waals surface area contributed by atoms with E-state index < -0.39 is 0 Å². The molecule has 0 amide bonds. The van der Waals surface area contributed by atoms with Crippen molar-refractivity contribution in [3.05, 3.63) is 34.1 Å². The average Bonchev–Trinajstić information content (AvgIpc) is 2.32. The van der Waals surface area contributed by atoms with Gasteiger partial charge in [0.1, 0.15) is 5.82 Å². The van der Waals surface area contributed by atoms with Crippen molar-refractivity contribution in [2.24, 2.45) is 5.92 Å². The molecule has 100 valence electrons. The summed E-state index contributed by atoms with van der Waals surface area (Å²) in [5.74, 6) is 0.665. The van der Waals surface area contributed by atoms with Gasteiger partial charge in [0.25, 0.3) is 0 Å². The molecule has 3 heteroatoms. The summed E-state index contributed by atoms with van der Waals surface area (Å²) >= 11 is 3.40. The van der Waals surface area contributed by atoms with E-state index in [-0.39, 0.29) is 11.9 Å². The van der Waals surface area contributed by atoms with E-state index in [9.17, 15) is 4.39 Å². The molecule has 1 aliphatic rings. The summed E-state index contributed by atoms with van der Waals surface area (Å²) in [4.78, 5) is 0. The van der Waals surface area contributed by atoms with Crippen LogP contribution in [0, 0.1) is 11.7 Å². The van der Waals surface area contributed by atoms with Gasteiger partial charge in [-0.3, -0.25) is 0 Å². The van der Waals surface area contributed by atoms with Gasteiger partial charge in [0, 0.05) is 22.1 Å². The third-order valence-corrected chi connectivity index (χ3v) is 4.34. The monoisotopic (exact) mass is 313 g/mol. The van der Waals surface area contributed by atoms with Gasteiger partial charge in [-0.15, -0.1) is 0 Å². The first-order valence-electron chi connectivity index (χ1n) is 6.77. The number of halogens is 2. The van der Waals surface area contributed by atoms with Crippen LogP contribution in [0.25, 0.3) is 0 Å². The summed E-state index contributed by atoms with van der Waals surface area (Å²) in [5, 5.41) is 3.57. The quantitative estimate of drug-likeness (QED) is 0.843. The third kappa shape index (κ3) is 3.55. The first-order chi connectivity index (χ1) is 8.56. The second kappa shape index (κ2) is 6.16. The zero-order valence-electron chi connectivity index (χ0n) is 11.0. The highest BCUT2D eigenvalue weighted by atomic mass is 79.9. The fraction of sp³-hybridized carbons (Fsp3) is 0.600. The lowest BCUT2D eigenvalue weighted by molar-refractivity contribution is 0.284. The number of hydrogen-bond donors (Lipinski definition) is 1. The molecular formula is C15H21BrFN. The average molecular weight is 314 g/mol.